The maximum absolute atomic E-state index is 13.1. The van der Waals surface area contributed by atoms with Crippen LogP contribution in [0.2, 0.25) is 0 Å². The Balaban J connectivity index is 1.91. The first-order valence-electron chi connectivity index (χ1n) is 7.91. The van der Waals surface area contributed by atoms with Gasteiger partial charge in [-0.2, -0.15) is 13.2 Å². The maximum Gasteiger partial charge on any atom is 0.408 e. The van der Waals surface area contributed by atoms with E-state index in [1.54, 1.807) is 20.8 Å². The van der Waals surface area contributed by atoms with E-state index >= 15 is 0 Å². The maximum atomic E-state index is 13.1. The largest absolute Gasteiger partial charge is 0.408 e. The summed E-state index contributed by atoms with van der Waals surface area (Å²) in [6.07, 6.45) is -3.66. The third-order valence-corrected chi connectivity index (χ3v) is 4.14. The van der Waals surface area contributed by atoms with E-state index in [0.29, 0.717) is 39.1 Å². The quantitative estimate of drug-likeness (QED) is 0.842. The zero-order chi connectivity index (χ0) is 17.3. The summed E-state index contributed by atoms with van der Waals surface area (Å²) < 4.78 is 50.5. The van der Waals surface area contributed by atoms with Crippen molar-refractivity contribution >= 4 is 6.03 Å². The van der Waals surface area contributed by atoms with Gasteiger partial charge >= 0.3 is 12.2 Å². The Morgan fingerprint density at radius 3 is 2.13 bits per heavy atom. The van der Waals surface area contributed by atoms with E-state index in [0.717, 1.165) is 0 Å². The summed E-state index contributed by atoms with van der Waals surface area (Å²) in [4.78, 5) is 13.6. The molecule has 2 saturated heterocycles. The number of ether oxygens (including phenoxy) is 2. The first-order chi connectivity index (χ1) is 10.5. The van der Waals surface area contributed by atoms with Crippen LogP contribution in [0.4, 0.5) is 18.0 Å². The highest BCUT2D eigenvalue weighted by atomic mass is 19.4. The fourth-order valence-corrected chi connectivity index (χ4v) is 2.94. The molecule has 1 atom stereocenters. The van der Waals surface area contributed by atoms with Gasteiger partial charge in [-0.3, -0.25) is 0 Å². The number of alkyl halides is 3. The minimum absolute atomic E-state index is 0.160. The molecule has 0 aromatic carbocycles. The molecule has 0 saturated carbocycles. The molecule has 134 valence electrons. The molecule has 5 nitrogen and oxygen atoms in total. The van der Waals surface area contributed by atoms with Crippen molar-refractivity contribution in [2.24, 2.45) is 5.41 Å². The highest BCUT2D eigenvalue weighted by Crippen LogP contribution is 2.33. The summed E-state index contributed by atoms with van der Waals surface area (Å²) >= 11 is 0. The summed E-state index contributed by atoms with van der Waals surface area (Å²) in [5.74, 6) is -0.647. The Hall–Kier alpha value is -1.02. The average molecular weight is 338 g/mol. The van der Waals surface area contributed by atoms with Crippen molar-refractivity contribution in [3.8, 4) is 0 Å². The molecule has 0 radical (unpaired) electrons. The lowest BCUT2D eigenvalue weighted by Crippen LogP contribution is -2.55. The SMILES string of the molecule is CC(C)(C)C[C@@H](NC(=O)N1CCC2(CC1)OCCO2)C(F)(F)F. The number of hydrogen-bond donors (Lipinski definition) is 1. The zero-order valence-electron chi connectivity index (χ0n) is 13.8. The number of rotatable bonds is 2. The zero-order valence-corrected chi connectivity index (χ0v) is 13.8. The van der Waals surface area contributed by atoms with Crippen molar-refractivity contribution in [3.63, 3.8) is 0 Å². The number of carbonyl (C=O) groups is 1. The van der Waals surface area contributed by atoms with E-state index in [-0.39, 0.29) is 6.42 Å². The molecular weight excluding hydrogens is 313 g/mol. The fraction of sp³-hybridized carbons (Fsp3) is 0.933. The average Bonchev–Trinajstić information content (AvgIpc) is 2.84. The summed E-state index contributed by atoms with van der Waals surface area (Å²) in [5.41, 5.74) is -0.537. The predicted molar refractivity (Wildman–Crippen MR) is 77.9 cm³/mol. The van der Waals surface area contributed by atoms with Crippen LogP contribution in [0.25, 0.3) is 0 Å². The number of nitrogens with zero attached hydrogens (tertiary/aromatic N) is 1. The molecule has 2 rings (SSSR count). The molecule has 0 aromatic rings. The molecule has 2 aliphatic heterocycles. The van der Waals surface area contributed by atoms with Crippen LogP contribution in [-0.4, -0.2) is 55.2 Å². The van der Waals surface area contributed by atoms with Crippen molar-refractivity contribution < 1.29 is 27.4 Å². The summed E-state index contributed by atoms with van der Waals surface area (Å²) in [7, 11) is 0. The molecule has 0 bridgehead atoms. The van der Waals surface area contributed by atoms with Crippen LogP contribution in [0.1, 0.15) is 40.0 Å². The molecule has 2 heterocycles. The van der Waals surface area contributed by atoms with E-state index in [1.165, 1.54) is 4.90 Å². The number of urea groups is 1. The number of hydrogen-bond acceptors (Lipinski definition) is 3. The van der Waals surface area contributed by atoms with Crippen molar-refractivity contribution in [2.45, 2.75) is 58.0 Å². The summed E-state index contributed by atoms with van der Waals surface area (Å²) in [5, 5.41) is 2.14. The Morgan fingerprint density at radius 1 is 1.17 bits per heavy atom. The van der Waals surface area contributed by atoms with Gasteiger partial charge in [0.05, 0.1) is 13.2 Å². The summed E-state index contributed by atoms with van der Waals surface area (Å²) in [6.45, 7) is 6.85. The number of nitrogens with one attached hydrogen (secondary N) is 1. The third kappa shape index (κ3) is 4.97. The second-order valence-corrected chi connectivity index (χ2v) is 7.40. The topological polar surface area (TPSA) is 50.8 Å². The summed E-state index contributed by atoms with van der Waals surface area (Å²) in [6, 6.07) is -2.52. The van der Waals surface area contributed by atoms with Gasteiger partial charge in [0.1, 0.15) is 6.04 Å². The lowest BCUT2D eigenvalue weighted by atomic mass is 9.88. The fourth-order valence-electron chi connectivity index (χ4n) is 2.94. The van der Waals surface area contributed by atoms with Crippen LogP contribution in [0.3, 0.4) is 0 Å². The molecule has 8 heteroatoms. The smallest absolute Gasteiger partial charge is 0.347 e. The second-order valence-electron chi connectivity index (χ2n) is 7.40. The molecular formula is C15H25F3N2O3. The first kappa shape index (κ1) is 18.3. The molecule has 1 N–H and O–H groups in total. The van der Waals surface area contributed by atoms with E-state index in [9.17, 15) is 18.0 Å². The molecule has 2 aliphatic rings. The monoisotopic (exact) mass is 338 g/mol. The highest BCUT2D eigenvalue weighted by Gasteiger charge is 2.45. The van der Waals surface area contributed by atoms with Gasteiger partial charge in [0.25, 0.3) is 0 Å². The number of likely N-dealkylation sites (tertiary alicyclic amines) is 1. The molecule has 2 amide bonds. The van der Waals surface area contributed by atoms with Crippen LogP contribution in [0.5, 0.6) is 0 Å². The number of piperidine rings is 1. The molecule has 0 aromatic heterocycles. The standard InChI is InChI=1S/C15H25F3N2O3/c1-13(2,3)10-11(15(16,17)18)19-12(21)20-6-4-14(5-7-20)22-8-9-23-14/h11H,4-10H2,1-3H3,(H,19,21)/t11-/m1/s1. The van der Waals surface area contributed by atoms with Gasteiger partial charge in [0, 0.05) is 25.9 Å². The Kier molecular flexibility index (Phi) is 5.15. The Bertz CT molecular complexity index is 419. The lowest BCUT2D eigenvalue weighted by Gasteiger charge is -2.38. The first-order valence-corrected chi connectivity index (χ1v) is 7.91. The van der Waals surface area contributed by atoms with Crippen molar-refractivity contribution in [3.05, 3.63) is 0 Å². The van der Waals surface area contributed by atoms with Gasteiger partial charge in [-0.15, -0.1) is 0 Å². The molecule has 2 fully saturated rings. The van der Waals surface area contributed by atoms with Gasteiger partial charge in [-0.05, 0) is 11.8 Å². The second kappa shape index (κ2) is 6.47. The molecule has 23 heavy (non-hydrogen) atoms. The lowest BCUT2D eigenvalue weighted by molar-refractivity contribution is -0.182. The Labute approximate surface area is 134 Å². The van der Waals surface area contributed by atoms with Crippen LogP contribution in [0, 0.1) is 5.41 Å². The van der Waals surface area contributed by atoms with Gasteiger partial charge in [-0.25, -0.2) is 4.79 Å². The number of amides is 2. The minimum atomic E-state index is -4.46. The van der Waals surface area contributed by atoms with Gasteiger partial charge in [0.2, 0.25) is 0 Å². The molecule has 1 spiro atoms. The van der Waals surface area contributed by atoms with Crippen LogP contribution in [-0.2, 0) is 9.47 Å². The Morgan fingerprint density at radius 2 is 1.70 bits per heavy atom. The molecule has 0 unspecified atom stereocenters. The third-order valence-electron chi connectivity index (χ3n) is 4.14. The van der Waals surface area contributed by atoms with E-state index < -0.39 is 29.5 Å². The number of carbonyl (C=O) groups excluding carboxylic acids is 1. The van der Waals surface area contributed by atoms with Gasteiger partial charge < -0.3 is 19.7 Å². The van der Waals surface area contributed by atoms with Crippen LogP contribution in [0.15, 0.2) is 0 Å². The van der Waals surface area contributed by atoms with Crippen molar-refractivity contribution in [1.82, 2.24) is 10.2 Å². The van der Waals surface area contributed by atoms with E-state index in [4.69, 9.17) is 9.47 Å². The normalized spacial score (nSPS) is 23.1. The van der Waals surface area contributed by atoms with Crippen molar-refractivity contribution in [1.29, 1.82) is 0 Å². The van der Waals surface area contributed by atoms with Crippen LogP contribution >= 0.6 is 0 Å². The molecule has 0 aliphatic carbocycles. The van der Waals surface area contributed by atoms with E-state index in [2.05, 4.69) is 5.32 Å². The van der Waals surface area contributed by atoms with Gasteiger partial charge in [-0.1, -0.05) is 20.8 Å². The number of halogens is 3. The predicted octanol–water partition coefficient (Wildman–Crippen LogP) is 2.90. The van der Waals surface area contributed by atoms with Crippen molar-refractivity contribution in [2.75, 3.05) is 26.3 Å². The van der Waals surface area contributed by atoms with E-state index in [1.807, 2.05) is 0 Å². The highest BCUT2D eigenvalue weighted by molar-refractivity contribution is 5.74. The van der Waals surface area contributed by atoms with Crippen LogP contribution < -0.4 is 5.32 Å². The minimum Gasteiger partial charge on any atom is -0.347 e. The van der Waals surface area contributed by atoms with Gasteiger partial charge in [0.15, 0.2) is 5.79 Å².